The lowest BCUT2D eigenvalue weighted by atomic mass is 10.0. The summed E-state index contributed by atoms with van der Waals surface area (Å²) in [5.41, 5.74) is 0.0279. The molecule has 2 aromatic carbocycles. The summed E-state index contributed by atoms with van der Waals surface area (Å²) in [5.74, 6) is -1.96. The van der Waals surface area contributed by atoms with Crippen molar-refractivity contribution in [2.75, 3.05) is 7.11 Å². The molecule has 2 aromatic rings. The lowest BCUT2D eigenvalue weighted by Crippen LogP contribution is -2.55. The van der Waals surface area contributed by atoms with Gasteiger partial charge in [-0.2, -0.15) is 5.01 Å². The molecule has 1 atom stereocenters. The molecule has 1 heterocycles. The van der Waals surface area contributed by atoms with Crippen LogP contribution in [-0.4, -0.2) is 51.6 Å². The van der Waals surface area contributed by atoms with Gasteiger partial charge in [-0.25, -0.2) is 5.01 Å². The number of non-ortho nitro benzene ring substituents is 1. The highest BCUT2D eigenvalue weighted by Crippen LogP contribution is 2.24. The summed E-state index contributed by atoms with van der Waals surface area (Å²) in [7, 11) is 1.48. The average molecular weight is 425 g/mol. The number of methoxy groups -OCH3 is 1. The van der Waals surface area contributed by atoms with Crippen LogP contribution in [0, 0.1) is 10.1 Å². The second-order valence-corrected chi connectivity index (χ2v) is 6.82. The van der Waals surface area contributed by atoms with Gasteiger partial charge in [-0.3, -0.25) is 29.3 Å². The van der Waals surface area contributed by atoms with Gasteiger partial charge < -0.3 is 4.74 Å². The van der Waals surface area contributed by atoms with Crippen LogP contribution in [0.25, 0.3) is 0 Å². The Labute approximate surface area is 177 Å². The number of rotatable bonds is 7. The highest BCUT2D eigenvalue weighted by Gasteiger charge is 2.41. The number of hydrogen-bond donors (Lipinski definition) is 0. The number of ketones is 1. The number of benzene rings is 2. The Morgan fingerprint density at radius 3 is 2.00 bits per heavy atom. The van der Waals surface area contributed by atoms with Gasteiger partial charge in [0, 0.05) is 36.1 Å². The minimum Gasteiger partial charge on any atom is -0.497 e. The van der Waals surface area contributed by atoms with Gasteiger partial charge >= 0.3 is 0 Å². The molecule has 1 fully saturated rings. The van der Waals surface area contributed by atoms with E-state index in [0.29, 0.717) is 10.8 Å². The minimum absolute atomic E-state index is 0.00696. The normalized spacial score (nSPS) is 14.3. The Bertz CT molecular complexity index is 1030. The van der Waals surface area contributed by atoms with E-state index >= 15 is 0 Å². The topological polar surface area (TPSA) is 127 Å². The van der Waals surface area contributed by atoms with Crippen LogP contribution in [0.4, 0.5) is 5.69 Å². The first-order chi connectivity index (χ1) is 14.7. The first kappa shape index (κ1) is 21.6. The predicted octanol–water partition coefficient (Wildman–Crippen LogP) is 2.38. The molecule has 160 valence electrons. The zero-order chi connectivity index (χ0) is 22.7. The third-order valence-corrected chi connectivity index (χ3v) is 4.89. The number of hydrogen-bond acceptors (Lipinski definition) is 7. The van der Waals surface area contributed by atoms with Crippen molar-refractivity contribution in [2.24, 2.45) is 0 Å². The fourth-order valence-corrected chi connectivity index (χ4v) is 3.21. The van der Waals surface area contributed by atoms with E-state index in [4.69, 9.17) is 4.74 Å². The van der Waals surface area contributed by atoms with Gasteiger partial charge in [0.25, 0.3) is 11.6 Å². The molecular weight excluding hydrogens is 406 g/mol. The monoisotopic (exact) mass is 425 g/mol. The lowest BCUT2D eigenvalue weighted by molar-refractivity contribution is -0.384. The predicted molar refractivity (Wildman–Crippen MR) is 107 cm³/mol. The van der Waals surface area contributed by atoms with Crippen molar-refractivity contribution in [1.82, 2.24) is 10.0 Å². The minimum atomic E-state index is -1.19. The lowest BCUT2D eigenvalue weighted by Gasteiger charge is -2.34. The summed E-state index contributed by atoms with van der Waals surface area (Å²) in [4.78, 5) is 61.2. The van der Waals surface area contributed by atoms with Gasteiger partial charge in [0.05, 0.1) is 12.0 Å². The smallest absolute Gasteiger partial charge is 0.273 e. The number of ether oxygens (including phenoxy) is 1. The number of hydrazine groups is 1. The zero-order valence-corrected chi connectivity index (χ0v) is 16.8. The Morgan fingerprint density at radius 2 is 1.52 bits per heavy atom. The van der Waals surface area contributed by atoms with Crippen molar-refractivity contribution in [3.05, 3.63) is 69.8 Å². The van der Waals surface area contributed by atoms with Crippen molar-refractivity contribution >= 4 is 29.2 Å². The molecule has 10 nitrogen and oxygen atoms in total. The highest BCUT2D eigenvalue weighted by atomic mass is 16.6. The Hall–Kier alpha value is -4.08. The molecule has 0 N–H and O–H groups in total. The summed E-state index contributed by atoms with van der Waals surface area (Å²) in [6, 6.07) is 9.68. The maximum absolute atomic E-state index is 13.2. The maximum atomic E-state index is 13.2. The molecule has 10 heteroatoms. The Balaban J connectivity index is 1.98. The van der Waals surface area contributed by atoms with E-state index in [-0.39, 0.29) is 29.7 Å². The average Bonchev–Trinajstić information content (AvgIpc) is 3.11. The van der Waals surface area contributed by atoms with E-state index < -0.39 is 34.5 Å². The standard InChI is InChI=1S/C21H19N3O7/c1-13(20(27)14-5-9-17(31-2)10-6-14)22(23-18(25)11-12-19(23)26)21(28)15-3-7-16(8-4-15)24(29)30/h3-10,13H,11-12H2,1-2H3/t13-/m1/s1. The SMILES string of the molecule is COc1ccc(C(=O)[C@@H](C)N(C(=O)c2ccc([N+](=O)[O-])cc2)N2C(=O)CCC2=O)cc1. The van der Waals surface area contributed by atoms with Crippen molar-refractivity contribution in [3.63, 3.8) is 0 Å². The zero-order valence-electron chi connectivity index (χ0n) is 16.8. The number of carbonyl (C=O) groups excluding carboxylic acids is 4. The number of imide groups is 1. The summed E-state index contributed by atoms with van der Waals surface area (Å²) in [5, 5.41) is 12.4. The van der Waals surface area contributed by atoms with E-state index in [9.17, 15) is 29.3 Å². The van der Waals surface area contributed by atoms with E-state index in [1.54, 1.807) is 12.1 Å². The van der Waals surface area contributed by atoms with Gasteiger partial charge in [-0.15, -0.1) is 0 Å². The molecule has 3 amide bonds. The van der Waals surface area contributed by atoms with E-state index in [0.717, 1.165) is 17.1 Å². The molecule has 3 rings (SSSR count). The van der Waals surface area contributed by atoms with Gasteiger partial charge in [0.2, 0.25) is 11.8 Å². The Kier molecular flexibility index (Phi) is 6.10. The van der Waals surface area contributed by atoms with Crippen LogP contribution in [-0.2, 0) is 9.59 Å². The van der Waals surface area contributed by atoms with E-state index in [1.165, 1.54) is 38.3 Å². The number of amides is 3. The second-order valence-electron chi connectivity index (χ2n) is 6.82. The fourth-order valence-electron chi connectivity index (χ4n) is 3.21. The van der Waals surface area contributed by atoms with Gasteiger partial charge in [-0.1, -0.05) is 0 Å². The number of carbonyl (C=O) groups is 4. The summed E-state index contributed by atoms with van der Waals surface area (Å²) >= 11 is 0. The molecule has 1 aliphatic heterocycles. The summed E-state index contributed by atoms with van der Waals surface area (Å²) in [6.45, 7) is 1.41. The molecule has 1 aliphatic rings. The van der Waals surface area contributed by atoms with Gasteiger partial charge in [0.15, 0.2) is 5.78 Å². The molecule has 0 spiro atoms. The maximum Gasteiger partial charge on any atom is 0.273 e. The van der Waals surface area contributed by atoms with Crippen LogP contribution >= 0.6 is 0 Å². The second kappa shape index (κ2) is 8.74. The molecule has 0 radical (unpaired) electrons. The molecule has 0 saturated carbocycles. The third kappa shape index (κ3) is 4.27. The molecule has 0 aliphatic carbocycles. The van der Waals surface area contributed by atoms with Crippen molar-refractivity contribution in [3.8, 4) is 5.75 Å². The van der Waals surface area contributed by atoms with Crippen LogP contribution < -0.4 is 4.74 Å². The fraction of sp³-hybridized carbons (Fsp3) is 0.238. The van der Waals surface area contributed by atoms with E-state index in [2.05, 4.69) is 0 Å². The number of Topliss-reactive ketones (excluding diaryl/α,β-unsaturated/α-hetero) is 1. The molecule has 0 bridgehead atoms. The molecule has 0 unspecified atom stereocenters. The molecule has 0 aromatic heterocycles. The number of nitrogens with zero attached hydrogens (tertiary/aromatic N) is 3. The highest BCUT2D eigenvalue weighted by molar-refractivity contribution is 6.08. The summed E-state index contributed by atoms with van der Waals surface area (Å²) in [6.07, 6.45) is -0.154. The Morgan fingerprint density at radius 1 is 1.00 bits per heavy atom. The first-order valence-electron chi connectivity index (χ1n) is 9.36. The number of nitro groups is 1. The van der Waals surface area contributed by atoms with Crippen molar-refractivity contribution < 1.29 is 28.8 Å². The van der Waals surface area contributed by atoms with Gasteiger partial charge in [-0.05, 0) is 43.3 Å². The summed E-state index contributed by atoms with van der Waals surface area (Å²) < 4.78 is 5.07. The van der Waals surface area contributed by atoms with Crippen molar-refractivity contribution in [1.29, 1.82) is 0 Å². The quantitative estimate of drug-likeness (QED) is 0.288. The van der Waals surface area contributed by atoms with E-state index in [1.807, 2.05) is 0 Å². The largest absolute Gasteiger partial charge is 0.497 e. The van der Waals surface area contributed by atoms with Crippen LogP contribution in [0.3, 0.4) is 0 Å². The first-order valence-corrected chi connectivity index (χ1v) is 9.36. The van der Waals surface area contributed by atoms with Crippen molar-refractivity contribution in [2.45, 2.75) is 25.8 Å². The van der Waals surface area contributed by atoms with Crippen LogP contribution in [0.5, 0.6) is 5.75 Å². The van der Waals surface area contributed by atoms with Crippen LogP contribution in [0.2, 0.25) is 0 Å². The molecule has 31 heavy (non-hydrogen) atoms. The van der Waals surface area contributed by atoms with Crippen LogP contribution in [0.15, 0.2) is 48.5 Å². The van der Waals surface area contributed by atoms with Crippen LogP contribution in [0.1, 0.15) is 40.5 Å². The third-order valence-electron chi connectivity index (χ3n) is 4.89. The molecule has 1 saturated heterocycles. The molecular formula is C21H19N3O7. The number of nitro benzene ring substituents is 1. The van der Waals surface area contributed by atoms with Gasteiger partial charge in [0.1, 0.15) is 11.8 Å².